The maximum atomic E-state index is 12.9. The summed E-state index contributed by atoms with van der Waals surface area (Å²) in [6.45, 7) is 0.604. The smallest absolute Gasteiger partial charge is 0.326 e. The molecular formula is C20H28N6O9. The van der Waals surface area contributed by atoms with E-state index in [-0.39, 0.29) is 6.42 Å². The summed E-state index contributed by atoms with van der Waals surface area (Å²) in [4.78, 5) is 78.2. The van der Waals surface area contributed by atoms with Crippen molar-refractivity contribution in [3.05, 3.63) is 18.2 Å². The Balaban J connectivity index is 2.16. The first-order valence-corrected chi connectivity index (χ1v) is 10.8. The van der Waals surface area contributed by atoms with Crippen LogP contribution < -0.4 is 21.3 Å². The number of carbonyl (C=O) groups excluding carboxylic acids is 3. The highest BCUT2D eigenvalue weighted by Gasteiger charge is 2.33. The van der Waals surface area contributed by atoms with Crippen LogP contribution in [0, 0.1) is 0 Å². The maximum Gasteiger partial charge on any atom is 0.326 e. The van der Waals surface area contributed by atoms with Gasteiger partial charge in [-0.2, -0.15) is 0 Å². The van der Waals surface area contributed by atoms with Crippen LogP contribution in [-0.4, -0.2) is 91.6 Å². The van der Waals surface area contributed by atoms with Crippen molar-refractivity contribution in [3.63, 3.8) is 0 Å². The normalized spacial score (nSPS) is 17.5. The third-order valence-electron chi connectivity index (χ3n) is 5.26. The van der Waals surface area contributed by atoms with Gasteiger partial charge in [0.15, 0.2) is 0 Å². The van der Waals surface area contributed by atoms with Crippen LogP contribution in [0.3, 0.4) is 0 Å². The minimum Gasteiger partial charge on any atom is -0.481 e. The largest absolute Gasteiger partial charge is 0.481 e. The van der Waals surface area contributed by atoms with Crippen LogP contribution in [-0.2, 0) is 35.2 Å². The number of carbonyl (C=O) groups is 6. The molecule has 1 aromatic rings. The summed E-state index contributed by atoms with van der Waals surface area (Å²) < 4.78 is 0. The van der Waals surface area contributed by atoms with Gasteiger partial charge in [-0.25, -0.2) is 9.78 Å². The molecule has 15 heteroatoms. The summed E-state index contributed by atoms with van der Waals surface area (Å²) in [5, 5.41) is 37.2. The zero-order valence-corrected chi connectivity index (χ0v) is 18.7. The van der Waals surface area contributed by atoms with Crippen molar-refractivity contribution in [2.24, 2.45) is 0 Å². The van der Waals surface area contributed by atoms with Crippen molar-refractivity contribution in [2.45, 2.75) is 62.7 Å². The Morgan fingerprint density at radius 3 is 2.20 bits per heavy atom. The number of aliphatic carboxylic acids is 3. The minimum atomic E-state index is -1.54. The summed E-state index contributed by atoms with van der Waals surface area (Å²) in [5.74, 6) is -6.54. The number of H-pyrrole nitrogens is 1. The molecule has 0 radical (unpaired) electrons. The van der Waals surface area contributed by atoms with E-state index in [2.05, 4.69) is 31.2 Å². The average molecular weight is 496 g/mol. The number of carboxylic acids is 3. The Kier molecular flexibility index (Phi) is 10.1. The second kappa shape index (κ2) is 13.0. The van der Waals surface area contributed by atoms with E-state index in [9.17, 15) is 39.0 Å². The van der Waals surface area contributed by atoms with Crippen molar-refractivity contribution in [1.29, 1.82) is 0 Å². The summed E-state index contributed by atoms with van der Waals surface area (Å²) in [5.41, 5.74) is 0.400. The lowest BCUT2D eigenvalue weighted by Gasteiger charge is -2.24. The van der Waals surface area contributed by atoms with Gasteiger partial charge >= 0.3 is 17.9 Å². The predicted molar refractivity (Wildman–Crippen MR) is 116 cm³/mol. The van der Waals surface area contributed by atoms with Crippen molar-refractivity contribution in [3.8, 4) is 0 Å². The summed E-state index contributed by atoms with van der Waals surface area (Å²) in [6.07, 6.45) is 2.12. The number of nitrogens with zero attached hydrogens (tertiary/aromatic N) is 1. The Bertz CT molecular complexity index is 930. The van der Waals surface area contributed by atoms with Gasteiger partial charge in [0.2, 0.25) is 17.7 Å². The third-order valence-corrected chi connectivity index (χ3v) is 5.26. The van der Waals surface area contributed by atoms with Gasteiger partial charge in [-0.1, -0.05) is 0 Å². The molecule has 4 unspecified atom stereocenters. The highest BCUT2D eigenvalue weighted by Crippen LogP contribution is 2.07. The number of amides is 3. The molecule has 1 aliphatic rings. The molecule has 1 fully saturated rings. The van der Waals surface area contributed by atoms with E-state index in [1.165, 1.54) is 12.5 Å². The standard InChI is InChI=1S/C20H28N6O9/c27-15(28)4-3-12(20(34)35)24-18(32)13(6-10-8-21-9-23-10)25-19(33)14(7-16(29)30)26-17(31)11-2-1-5-22-11/h8-9,11-14,22H,1-7H2,(H,21,23)(H,24,32)(H,25,33)(H,26,31)(H,27,28)(H,29,30)(H,34,35). The van der Waals surface area contributed by atoms with E-state index in [0.717, 1.165) is 6.42 Å². The first kappa shape index (κ1) is 27.2. The first-order valence-electron chi connectivity index (χ1n) is 10.8. The van der Waals surface area contributed by atoms with Crippen LogP contribution in [0.4, 0.5) is 0 Å². The van der Waals surface area contributed by atoms with Gasteiger partial charge in [0.1, 0.15) is 18.1 Å². The van der Waals surface area contributed by atoms with E-state index >= 15 is 0 Å². The van der Waals surface area contributed by atoms with Crippen LogP contribution in [0.5, 0.6) is 0 Å². The molecule has 1 aromatic heterocycles. The van der Waals surface area contributed by atoms with Gasteiger partial charge in [0, 0.05) is 24.7 Å². The number of carboxylic acid groups (broad SMARTS) is 3. The molecule has 0 aromatic carbocycles. The van der Waals surface area contributed by atoms with Crippen LogP contribution in [0.25, 0.3) is 0 Å². The fraction of sp³-hybridized carbons (Fsp3) is 0.550. The Morgan fingerprint density at radius 1 is 0.971 bits per heavy atom. The second-order valence-electron chi connectivity index (χ2n) is 7.98. The van der Waals surface area contributed by atoms with Crippen LogP contribution in [0.1, 0.15) is 37.8 Å². The molecule has 0 spiro atoms. The molecule has 35 heavy (non-hydrogen) atoms. The molecule has 0 aliphatic carbocycles. The van der Waals surface area contributed by atoms with Crippen molar-refractivity contribution in [2.75, 3.05) is 6.54 Å². The summed E-state index contributed by atoms with van der Waals surface area (Å²) >= 11 is 0. The van der Waals surface area contributed by atoms with Crippen LogP contribution in [0.15, 0.2) is 12.5 Å². The summed E-state index contributed by atoms with van der Waals surface area (Å²) in [7, 11) is 0. The number of hydrogen-bond donors (Lipinski definition) is 8. The highest BCUT2D eigenvalue weighted by atomic mass is 16.4. The van der Waals surface area contributed by atoms with Crippen LogP contribution in [0.2, 0.25) is 0 Å². The zero-order chi connectivity index (χ0) is 26.0. The van der Waals surface area contributed by atoms with Gasteiger partial charge in [0.25, 0.3) is 0 Å². The molecule has 8 N–H and O–H groups in total. The van der Waals surface area contributed by atoms with E-state index in [1.807, 2.05) is 0 Å². The summed E-state index contributed by atoms with van der Waals surface area (Å²) in [6, 6.07) is -4.99. The number of aromatic amines is 1. The second-order valence-corrected chi connectivity index (χ2v) is 7.98. The maximum absolute atomic E-state index is 12.9. The van der Waals surface area contributed by atoms with Crippen molar-refractivity contribution in [1.82, 2.24) is 31.2 Å². The van der Waals surface area contributed by atoms with Gasteiger partial charge in [-0.3, -0.25) is 24.0 Å². The first-order chi connectivity index (χ1) is 16.6. The van der Waals surface area contributed by atoms with Gasteiger partial charge in [-0.05, 0) is 25.8 Å². The van der Waals surface area contributed by atoms with Crippen molar-refractivity contribution < 1.29 is 44.1 Å². The average Bonchev–Trinajstić information content (AvgIpc) is 3.49. The Labute approximate surface area is 199 Å². The molecule has 192 valence electrons. The van der Waals surface area contributed by atoms with Crippen molar-refractivity contribution >= 4 is 35.6 Å². The molecule has 2 heterocycles. The third kappa shape index (κ3) is 9.04. The van der Waals surface area contributed by atoms with Gasteiger partial charge in [0.05, 0.1) is 18.8 Å². The minimum absolute atomic E-state index is 0.166. The van der Waals surface area contributed by atoms with E-state index in [4.69, 9.17) is 5.11 Å². The number of imidazole rings is 1. The molecule has 1 aliphatic heterocycles. The fourth-order valence-corrected chi connectivity index (χ4v) is 3.46. The van der Waals surface area contributed by atoms with Gasteiger partial charge < -0.3 is 41.6 Å². The molecule has 0 bridgehead atoms. The molecule has 0 saturated carbocycles. The monoisotopic (exact) mass is 496 g/mol. The van der Waals surface area contributed by atoms with Gasteiger partial charge in [-0.15, -0.1) is 0 Å². The zero-order valence-electron chi connectivity index (χ0n) is 18.7. The molecule has 4 atom stereocenters. The molecule has 15 nitrogen and oxygen atoms in total. The molecular weight excluding hydrogens is 468 g/mol. The predicted octanol–water partition coefficient (Wildman–Crippen LogP) is -2.42. The number of hydrogen-bond acceptors (Lipinski definition) is 8. The molecule has 1 saturated heterocycles. The van der Waals surface area contributed by atoms with E-state index < -0.39 is 79.1 Å². The lowest BCUT2D eigenvalue weighted by molar-refractivity contribution is -0.144. The molecule has 3 amide bonds. The highest BCUT2D eigenvalue weighted by molar-refractivity contribution is 5.95. The quantitative estimate of drug-likeness (QED) is 0.135. The fourth-order valence-electron chi connectivity index (χ4n) is 3.46. The van der Waals surface area contributed by atoms with Crippen LogP contribution >= 0.6 is 0 Å². The number of aromatic nitrogens is 2. The lowest BCUT2D eigenvalue weighted by Crippen LogP contribution is -2.58. The molecule has 2 rings (SSSR count). The topological polar surface area (TPSA) is 240 Å². The number of nitrogens with one attached hydrogen (secondary N) is 5. The Hall–Kier alpha value is -4.01. The Morgan fingerprint density at radius 2 is 1.66 bits per heavy atom. The van der Waals surface area contributed by atoms with E-state index in [1.54, 1.807) is 0 Å². The lowest BCUT2D eigenvalue weighted by atomic mass is 10.1. The number of rotatable bonds is 14. The van der Waals surface area contributed by atoms with E-state index in [0.29, 0.717) is 18.7 Å². The SMILES string of the molecule is O=C(O)CCC(NC(=O)C(Cc1cnc[nH]1)NC(=O)C(CC(=O)O)NC(=O)C1CCCN1)C(=O)O.